The van der Waals surface area contributed by atoms with Crippen molar-refractivity contribution in [3.63, 3.8) is 0 Å². The molecule has 1 N–H and O–H groups in total. The van der Waals surface area contributed by atoms with Crippen LogP contribution in [0, 0.1) is 0 Å². The van der Waals surface area contributed by atoms with Crippen LogP contribution in [-0.2, 0) is 16.0 Å². The van der Waals surface area contributed by atoms with Crippen LogP contribution in [0.2, 0.25) is 0 Å². The van der Waals surface area contributed by atoms with Gasteiger partial charge < -0.3 is 19.7 Å². The third kappa shape index (κ3) is 9.90. The van der Waals surface area contributed by atoms with E-state index in [-0.39, 0.29) is 18.2 Å². The van der Waals surface area contributed by atoms with Gasteiger partial charge in [0.15, 0.2) is 0 Å². The summed E-state index contributed by atoms with van der Waals surface area (Å²) in [4.78, 5) is 28.9. The van der Waals surface area contributed by atoms with E-state index >= 15 is 0 Å². The van der Waals surface area contributed by atoms with E-state index in [0.29, 0.717) is 13.1 Å². The zero-order valence-electron chi connectivity index (χ0n) is 20.6. The number of nitrogens with zero attached hydrogens (tertiary/aromatic N) is 2. The van der Waals surface area contributed by atoms with Gasteiger partial charge in [-0.15, -0.1) is 0 Å². The van der Waals surface area contributed by atoms with Gasteiger partial charge in [-0.2, -0.15) is 0 Å². The number of piperazine rings is 1. The van der Waals surface area contributed by atoms with Crippen molar-refractivity contribution in [3.8, 4) is 0 Å². The summed E-state index contributed by atoms with van der Waals surface area (Å²) < 4.78 is 10.9. The van der Waals surface area contributed by atoms with E-state index in [1.807, 2.05) is 52.5 Å². The van der Waals surface area contributed by atoms with E-state index in [4.69, 9.17) is 9.47 Å². The maximum atomic E-state index is 12.8. The van der Waals surface area contributed by atoms with Gasteiger partial charge in [-0.25, -0.2) is 9.59 Å². The van der Waals surface area contributed by atoms with Crippen molar-refractivity contribution in [2.24, 2.45) is 0 Å². The smallest absolute Gasteiger partial charge is 0.410 e. The quantitative estimate of drug-likeness (QED) is 0.608. The Morgan fingerprint density at radius 1 is 0.969 bits per heavy atom. The van der Waals surface area contributed by atoms with Crippen LogP contribution in [-0.4, -0.2) is 65.4 Å². The SMILES string of the molecule is CC(C)(C)OC(=O)NCCCCC1CN(Cc2ccccc2)CCN1C(=O)OC(C)(C)C. The normalized spacial score (nSPS) is 17.7. The van der Waals surface area contributed by atoms with Gasteiger partial charge in [0.25, 0.3) is 0 Å². The molecule has 7 heteroatoms. The van der Waals surface area contributed by atoms with E-state index in [1.54, 1.807) is 0 Å². The number of carbonyl (C=O) groups is 2. The van der Waals surface area contributed by atoms with Gasteiger partial charge in [-0.3, -0.25) is 4.90 Å². The third-order valence-electron chi connectivity index (χ3n) is 5.08. The van der Waals surface area contributed by atoms with Gasteiger partial charge >= 0.3 is 12.2 Å². The summed E-state index contributed by atoms with van der Waals surface area (Å²) in [5.74, 6) is 0. The van der Waals surface area contributed by atoms with Gasteiger partial charge in [0.05, 0.1) is 0 Å². The Balaban J connectivity index is 1.89. The first-order chi connectivity index (χ1) is 14.9. The first-order valence-electron chi connectivity index (χ1n) is 11.7. The maximum absolute atomic E-state index is 12.8. The van der Waals surface area contributed by atoms with Crippen molar-refractivity contribution >= 4 is 12.2 Å². The monoisotopic (exact) mass is 447 g/mol. The number of hydrogen-bond acceptors (Lipinski definition) is 5. The second kappa shape index (κ2) is 11.5. The van der Waals surface area contributed by atoms with Crippen LogP contribution in [0.1, 0.15) is 66.4 Å². The molecule has 1 aliphatic heterocycles. The highest BCUT2D eigenvalue weighted by Gasteiger charge is 2.33. The highest BCUT2D eigenvalue weighted by Crippen LogP contribution is 2.21. The molecule has 1 heterocycles. The van der Waals surface area contributed by atoms with E-state index < -0.39 is 11.2 Å². The lowest BCUT2D eigenvalue weighted by Crippen LogP contribution is -2.55. The van der Waals surface area contributed by atoms with E-state index in [1.165, 1.54) is 5.56 Å². The summed E-state index contributed by atoms with van der Waals surface area (Å²) in [5, 5.41) is 2.81. The Hall–Kier alpha value is -2.28. The first kappa shape index (κ1) is 26.0. The second-order valence-corrected chi connectivity index (χ2v) is 10.5. The molecule has 1 fully saturated rings. The molecule has 7 nitrogen and oxygen atoms in total. The molecule has 1 atom stereocenters. The number of hydrogen-bond donors (Lipinski definition) is 1. The van der Waals surface area contributed by atoms with Crippen molar-refractivity contribution in [2.45, 2.75) is 84.6 Å². The minimum Gasteiger partial charge on any atom is -0.444 e. The Kier molecular flexibility index (Phi) is 9.37. The largest absolute Gasteiger partial charge is 0.444 e. The molecule has 1 aromatic rings. The van der Waals surface area contributed by atoms with Crippen LogP contribution in [0.3, 0.4) is 0 Å². The van der Waals surface area contributed by atoms with Gasteiger partial charge in [-0.1, -0.05) is 30.3 Å². The lowest BCUT2D eigenvalue weighted by molar-refractivity contribution is -0.00411. The number of alkyl carbamates (subject to hydrolysis) is 1. The van der Waals surface area contributed by atoms with Gasteiger partial charge in [0, 0.05) is 38.8 Å². The number of amides is 2. The molecule has 1 unspecified atom stereocenters. The Morgan fingerprint density at radius 2 is 1.62 bits per heavy atom. The molecule has 32 heavy (non-hydrogen) atoms. The van der Waals surface area contributed by atoms with Crippen LogP contribution in [0.15, 0.2) is 30.3 Å². The predicted molar refractivity (Wildman–Crippen MR) is 127 cm³/mol. The van der Waals surface area contributed by atoms with Crippen LogP contribution in [0.5, 0.6) is 0 Å². The van der Waals surface area contributed by atoms with Crippen LogP contribution >= 0.6 is 0 Å². The minimum absolute atomic E-state index is 0.0869. The average Bonchev–Trinajstić information content (AvgIpc) is 2.66. The average molecular weight is 448 g/mol. The molecule has 1 aliphatic rings. The summed E-state index contributed by atoms with van der Waals surface area (Å²) in [6.07, 6.45) is 1.96. The number of nitrogens with one attached hydrogen (secondary N) is 1. The molecule has 0 spiro atoms. The van der Waals surface area contributed by atoms with Crippen LogP contribution < -0.4 is 5.32 Å². The minimum atomic E-state index is -0.514. The summed E-state index contributed by atoms with van der Waals surface area (Å²) in [6.45, 7) is 15.0. The summed E-state index contributed by atoms with van der Waals surface area (Å²) >= 11 is 0. The van der Waals surface area contributed by atoms with Crippen molar-refractivity contribution in [2.75, 3.05) is 26.2 Å². The van der Waals surface area contributed by atoms with Gasteiger partial charge in [0.1, 0.15) is 11.2 Å². The lowest BCUT2D eigenvalue weighted by atomic mass is 10.0. The first-order valence-corrected chi connectivity index (χ1v) is 11.7. The van der Waals surface area contributed by atoms with Crippen molar-refractivity contribution in [3.05, 3.63) is 35.9 Å². The molecular formula is C25H41N3O4. The summed E-state index contributed by atoms with van der Waals surface area (Å²) in [7, 11) is 0. The highest BCUT2D eigenvalue weighted by molar-refractivity contribution is 5.69. The molecule has 0 saturated carbocycles. The maximum Gasteiger partial charge on any atom is 0.410 e. The van der Waals surface area contributed by atoms with E-state index in [0.717, 1.165) is 38.9 Å². The zero-order chi connectivity index (χ0) is 23.8. The number of ether oxygens (including phenoxy) is 2. The Bertz CT molecular complexity index is 725. The highest BCUT2D eigenvalue weighted by atomic mass is 16.6. The molecule has 180 valence electrons. The molecule has 1 saturated heterocycles. The Labute approximate surface area is 193 Å². The Morgan fingerprint density at radius 3 is 2.25 bits per heavy atom. The fourth-order valence-electron chi connectivity index (χ4n) is 3.72. The number of benzene rings is 1. The molecule has 0 aromatic heterocycles. The molecule has 0 aliphatic carbocycles. The number of rotatable bonds is 7. The van der Waals surface area contributed by atoms with Crippen LogP contribution in [0.25, 0.3) is 0 Å². The number of carbonyl (C=O) groups excluding carboxylic acids is 2. The van der Waals surface area contributed by atoms with Crippen molar-refractivity contribution < 1.29 is 19.1 Å². The molecule has 1 aromatic carbocycles. The molecule has 0 bridgehead atoms. The van der Waals surface area contributed by atoms with Crippen molar-refractivity contribution in [1.82, 2.24) is 15.1 Å². The molecule has 0 radical (unpaired) electrons. The summed E-state index contributed by atoms with van der Waals surface area (Å²) in [6, 6.07) is 10.5. The zero-order valence-corrected chi connectivity index (χ0v) is 20.6. The fourth-order valence-corrected chi connectivity index (χ4v) is 3.72. The molecular weight excluding hydrogens is 406 g/mol. The van der Waals surface area contributed by atoms with Crippen LogP contribution in [0.4, 0.5) is 9.59 Å². The van der Waals surface area contributed by atoms with Crippen molar-refractivity contribution in [1.29, 1.82) is 0 Å². The van der Waals surface area contributed by atoms with E-state index in [9.17, 15) is 9.59 Å². The topological polar surface area (TPSA) is 71.1 Å². The van der Waals surface area contributed by atoms with Gasteiger partial charge in [-0.05, 0) is 66.4 Å². The lowest BCUT2D eigenvalue weighted by Gasteiger charge is -2.42. The summed E-state index contributed by atoms with van der Waals surface area (Å²) in [5.41, 5.74) is 0.265. The fraction of sp³-hybridized carbons (Fsp3) is 0.680. The second-order valence-electron chi connectivity index (χ2n) is 10.5. The van der Waals surface area contributed by atoms with E-state index in [2.05, 4.69) is 34.5 Å². The standard InChI is InChI=1S/C25H41N3O4/c1-24(2,3)31-22(29)26-15-11-10-14-21-19-27(18-20-12-8-7-9-13-20)16-17-28(21)23(30)32-25(4,5)6/h7-9,12-13,21H,10-11,14-19H2,1-6H3,(H,26,29). The predicted octanol–water partition coefficient (Wildman–Crippen LogP) is 4.80. The molecule has 2 rings (SSSR count). The number of unbranched alkanes of at least 4 members (excludes halogenated alkanes) is 1. The van der Waals surface area contributed by atoms with Gasteiger partial charge in [0.2, 0.25) is 0 Å². The molecule has 2 amide bonds. The third-order valence-corrected chi connectivity index (χ3v) is 5.08.